The molecular formula is C24H23ClN2O2. The molecule has 0 bridgehead atoms. The van der Waals surface area contributed by atoms with Crippen LogP contribution in [0.2, 0.25) is 5.02 Å². The van der Waals surface area contributed by atoms with E-state index in [1.807, 2.05) is 75.4 Å². The zero-order chi connectivity index (χ0) is 20.8. The summed E-state index contributed by atoms with van der Waals surface area (Å²) in [6.07, 6.45) is 0. The third-order valence-corrected chi connectivity index (χ3v) is 5.13. The van der Waals surface area contributed by atoms with Crippen LogP contribution in [-0.4, -0.2) is 18.2 Å². The second-order valence-corrected chi connectivity index (χ2v) is 7.21. The van der Waals surface area contributed by atoms with Crippen LogP contribution in [0.5, 0.6) is 5.75 Å². The van der Waals surface area contributed by atoms with Crippen molar-refractivity contribution in [1.29, 1.82) is 0 Å². The maximum atomic E-state index is 12.1. The Morgan fingerprint density at radius 2 is 1.55 bits per heavy atom. The average molecular weight is 407 g/mol. The van der Waals surface area contributed by atoms with Crippen LogP contribution in [0.1, 0.15) is 23.6 Å². The smallest absolute Gasteiger partial charge is 0.277 e. The molecule has 1 amide bonds. The first-order chi connectivity index (χ1) is 13.9. The molecule has 3 aromatic rings. The lowest BCUT2D eigenvalue weighted by Gasteiger charge is -2.09. The van der Waals surface area contributed by atoms with Gasteiger partial charge in [-0.05, 0) is 60.7 Å². The number of nitrogens with zero attached hydrogens (tertiary/aromatic N) is 1. The highest BCUT2D eigenvalue weighted by atomic mass is 35.5. The predicted octanol–water partition coefficient (Wildman–Crippen LogP) is 5.54. The van der Waals surface area contributed by atoms with Gasteiger partial charge >= 0.3 is 0 Å². The number of nitrogens with one attached hydrogen (secondary N) is 1. The van der Waals surface area contributed by atoms with E-state index in [9.17, 15) is 4.79 Å². The highest BCUT2D eigenvalue weighted by Gasteiger charge is 2.07. The standard InChI is InChI=1S/C24H23ClN2O2/c1-16-13-22(14-17(2)24(16)25)29-15-23(28)27-26-18(3)19-9-11-21(12-10-19)20-7-5-4-6-8-20/h4-14H,15H2,1-3H3,(H,27,28)/b26-18+. The summed E-state index contributed by atoms with van der Waals surface area (Å²) in [4.78, 5) is 12.1. The van der Waals surface area contributed by atoms with Gasteiger partial charge in [0.25, 0.3) is 5.91 Å². The molecule has 0 fully saturated rings. The lowest BCUT2D eigenvalue weighted by molar-refractivity contribution is -0.123. The molecule has 0 saturated carbocycles. The molecule has 29 heavy (non-hydrogen) atoms. The molecule has 0 atom stereocenters. The first-order valence-corrected chi connectivity index (χ1v) is 9.70. The fraction of sp³-hybridized carbons (Fsp3) is 0.167. The van der Waals surface area contributed by atoms with Gasteiger partial charge in [0.15, 0.2) is 6.61 Å². The summed E-state index contributed by atoms with van der Waals surface area (Å²) in [5.74, 6) is 0.285. The fourth-order valence-electron chi connectivity index (χ4n) is 2.92. The summed E-state index contributed by atoms with van der Waals surface area (Å²) in [5.41, 5.74) is 8.31. The van der Waals surface area contributed by atoms with Crippen molar-refractivity contribution < 1.29 is 9.53 Å². The Morgan fingerprint density at radius 3 is 2.17 bits per heavy atom. The molecule has 0 spiro atoms. The van der Waals surface area contributed by atoms with Gasteiger partial charge in [-0.2, -0.15) is 5.10 Å². The van der Waals surface area contributed by atoms with Gasteiger partial charge in [-0.3, -0.25) is 4.79 Å². The Hall–Kier alpha value is -3.11. The highest BCUT2D eigenvalue weighted by molar-refractivity contribution is 6.32. The summed E-state index contributed by atoms with van der Waals surface area (Å²) >= 11 is 6.15. The van der Waals surface area contributed by atoms with Crippen LogP contribution in [-0.2, 0) is 4.79 Å². The van der Waals surface area contributed by atoms with E-state index in [0.29, 0.717) is 10.8 Å². The van der Waals surface area contributed by atoms with E-state index >= 15 is 0 Å². The van der Waals surface area contributed by atoms with Crippen molar-refractivity contribution in [3.8, 4) is 16.9 Å². The molecule has 0 aliphatic carbocycles. The van der Waals surface area contributed by atoms with Gasteiger partial charge in [-0.25, -0.2) is 5.43 Å². The molecule has 0 aromatic heterocycles. The van der Waals surface area contributed by atoms with E-state index in [-0.39, 0.29) is 12.5 Å². The van der Waals surface area contributed by atoms with Gasteiger partial charge in [0, 0.05) is 5.02 Å². The van der Waals surface area contributed by atoms with Crippen LogP contribution in [0.25, 0.3) is 11.1 Å². The van der Waals surface area contributed by atoms with Crippen LogP contribution < -0.4 is 10.2 Å². The van der Waals surface area contributed by atoms with Crippen LogP contribution >= 0.6 is 11.6 Å². The van der Waals surface area contributed by atoms with E-state index < -0.39 is 0 Å². The third-order valence-electron chi connectivity index (χ3n) is 4.54. The Balaban J connectivity index is 1.57. The number of benzene rings is 3. The highest BCUT2D eigenvalue weighted by Crippen LogP contribution is 2.25. The fourth-order valence-corrected chi connectivity index (χ4v) is 3.03. The summed E-state index contributed by atoms with van der Waals surface area (Å²) in [7, 11) is 0. The number of carbonyl (C=O) groups is 1. The van der Waals surface area contributed by atoms with E-state index in [4.69, 9.17) is 16.3 Å². The van der Waals surface area contributed by atoms with Gasteiger partial charge in [-0.15, -0.1) is 0 Å². The monoisotopic (exact) mass is 406 g/mol. The number of amides is 1. The number of ether oxygens (including phenoxy) is 1. The molecule has 3 aromatic carbocycles. The van der Waals surface area contributed by atoms with Crippen LogP contribution in [0.3, 0.4) is 0 Å². The number of hydrogen-bond donors (Lipinski definition) is 1. The van der Waals surface area contributed by atoms with Crippen molar-refractivity contribution in [3.05, 3.63) is 88.4 Å². The maximum absolute atomic E-state index is 12.1. The van der Waals surface area contributed by atoms with E-state index in [1.165, 1.54) is 0 Å². The third kappa shape index (κ3) is 5.46. The average Bonchev–Trinajstić information content (AvgIpc) is 2.75. The quantitative estimate of drug-likeness (QED) is 0.431. The lowest BCUT2D eigenvalue weighted by atomic mass is 10.0. The molecule has 0 unspecified atom stereocenters. The molecule has 0 heterocycles. The number of halogens is 1. The Labute approximate surface area is 176 Å². The van der Waals surface area contributed by atoms with Gasteiger partial charge < -0.3 is 4.74 Å². The van der Waals surface area contributed by atoms with Crippen LogP contribution in [0.15, 0.2) is 71.8 Å². The van der Waals surface area contributed by atoms with Gasteiger partial charge in [0.2, 0.25) is 0 Å². The van der Waals surface area contributed by atoms with Crippen molar-refractivity contribution in [2.75, 3.05) is 6.61 Å². The minimum absolute atomic E-state index is 0.121. The molecule has 4 nitrogen and oxygen atoms in total. The second kappa shape index (κ2) is 9.39. The second-order valence-electron chi connectivity index (χ2n) is 6.84. The van der Waals surface area contributed by atoms with Crippen molar-refractivity contribution >= 4 is 23.2 Å². The summed E-state index contributed by atoms with van der Waals surface area (Å²) < 4.78 is 5.55. The Bertz CT molecular complexity index is 1010. The normalized spacial score (nSPS) is 11.2. The van der Waals surface area contributed by atoms with Gasteiger partial charge in [0.1, 0.15) is 5.75 Å². The largest absolute Gasteiger partial charge is 0.484 e. The van der Waals surface area contributed by atoms with Gasteiger partial charge in [0.05, 0.1) is 5.71 Å². The minimum atomic E-state index is -0.324. The SMILES string of the molecule is C/C(=N\NC(=O)COc1cc(C)c(Cl)c(C)c1)c1ccc(-c2ccccc2)cc1. The minimum Gasteiger partial charge on any atom is -0.484 e. The number of rotatable bonds is 6. The molecule has 1 N–H and O–H groups in total. The van der Waals surface area contributed by atoms with Crippen molar-refractivity contribution in [1.82, 2.24) is 5.43 Å². The van der Waals surface area contributed by atoms with Gasteiger partial charge in [-0.1, -0.05) is 66.2 Å². The summed E-state index contributed by atoms with van der Waals surface area (Å²) in [6.45, 7) is 5.53. The van der Waals surface area contributed by atoms with E-state index in [1.54, 1.807) is 0 Å². The topological polar surface area (TPSA) is 50.7 Å². The van der Waals surface area contributed by atoms with Crippen LogP contribution in [0.4, 0.5) is 0 Å². The van der Waals surface area contributed by atoms with Crippen molar-refractivity contribution in [2.24, 2.45) is 5.10 Å². The predicted molar refractivity (Wildman–Crippen MR) is 119 cm³/mol. The molecule has 0 saturated heterocycles. The zero-order valence-corrected chi connectivity index (χ0v) is 17.5. The summed E-state index contributed by atoms with van der Waals surface area (Å²) in [5, 5.41) is 4.88. The zero-order valence-electron chi connectivity index (χ0n) is 16.7. The first-order valence-electron chi connectivity index (χ1n) is 9.32. The lowest BCUT2D eigenvalue weighted by Crippen LogP contribution is -2.25. The number of carbonyl (C=O) groups excluding carboxylic acids is 1. The summed E-state index contributed by atoms with van der Waals surface area (Å²) in [6, 6.07) is 21.8. The molecule has 0 aliphatic heterocycles. The van der Waals surface area contributed by atoms with Crippen LogP contribution in [0, 0.1) is 13.8 Å². The number of aryl methyl sites for hydroxylation is 2. The Kier molecular flexibility index (Phi) is 6.68. The molecular weight excluding hydrogens is 384 g/mol. The van der Waals surface area contributed by atoms with E-state index in [0.717, 1.165) is 33.5 Å². The first kappa shape index (κ1) is 20.6. The molecule has 0 aliphatic rings. The van der Waals surface area contributed by atoms with Crippen molar-refractivity contribution in [2.45, 2.75) is 20.8 Å². The Morgan fingerprint density at radius 1 is 0.966 bits per heavy atom. The van der Waals surface area contributed by atoms with E-state index in [2.05, 4.69) is 22.7 Å². The number of hydrazone groups is 1. The molecule has 148 valence electrons. The maximum Gasteiger partial charge on any atom is 0.277 e. The van der Waals surface area contributed by atoms with Crippen molar-refractivity contribution in [3.63, 3.8) is 0 Å². The molecule has 0 radical (unpaired) electrons. The molecule has 3 rings (SSSR count). The molecule has 5 heteroatoms. The number of hydrogen-bond acceptors (Lipinski definition) is 3.